The second-order valence-electron chi connectivity index (χ2n) is 9.39. The molecule has 4 heterocycles. The fourth-order valence-electron chi connectivity index (χ4n) is 4.65. The van der Waals surface area contributed by atoms with Crippen LogP contribution < -0.4 is 10.6 Å². The van der Waals surface area contributed by atoms with E-state index in [-0.39, 0.29) is 0 Å². The van der Waals surface area contributed by atoms with Gasteiger partial charge in [-0.15, -0.1) is 0 Å². The Hall–Kier alpha value is -3.50. The van der Waals surface area contributed by atoms with Crippen molar-refractivity contribution in [1.29, 1.82) is 0 Å². The van der Waals surface area contributed by atoms with Crippen molar-refractivity contribution < 1.29 is 4.52 Å². The maximum atomic E-state index is 6.31. The quantitative estimate of drug-likeness (QED) is 0.304. The smallest absolute Gasteiger partial charge is 0.240 e. The lowest BCUT2D eigenvalue weighted by Gasteiger charge is -2.32. The molecule has 1 aliphatic heterocycles. The number of hydrogen-bond donors (Lipinski definition) is 3. The molecular formula is C25H30ClN9O. The number of halogens is 1. The highest BCUT2D eigenvalue weighted by Crippen LogP contribution is 2.34. The van der Waals surface area contributed by atoms with Crippen molar-refractivity contribution in [1.82, 2.24) is 35.2 Å². The number of H-pyrrole nitrogens is 1. The maximum Gasteiger partial charge on any atom is 0.240 e. The Morgan fingerprint density at radius 2 is 1.86 bits per heavy atom. The number of benzene rings is 1. The molecule has 4 aromatic rings. The van der Waals surface area contributed by atoms with Crippen LogP contribution in [0.15, 0.2) is 28.9 Å². The molecule has 36 heavy (non-hydrogen) atoms. The van der Waals surface area contributed by atoms with Gasteiger partial charge in [-0.1, -0.05) is 22.8 Å². The maximum absolute atomic E-state index is 6.31. The van der Waals surface area contributed by atoms with Crippen LogP contribution >= 0.6 is 11.6 Å². The second-order valence-corrected chi connectivity index (χ2v) is 9.79. The van der Waals surface area contributed by atoms with Gasteiger partial charge < -0.3 is 15.2 Å². The van der Waals surface area contributed by atoms with Crippen LogP contribution in [0.25, 0.3) is 0 Å². The lowest BCUT2D eigenvalue weighted by Crippen LogP contribution is -2.32. The fraction of sp³-hybridized carbons (Fsp3) is 0.400. The monoisotopic (exact) mass is 507 g/mol. The summed E-state index contributed by atoms with van der Waals surface area (Å²) in [7, 11) is 0. The summed E-state index contributed by atoms with van der Waals surface area (Å²) in [4.78, 5) is 15.6. The number of aromatic nitrogens is 6. The van der Waals surface area contributed by atoms with Crippen molar-refractivity contribution in [3.8, 4) is 0 Å². The van der Waals surface area contributed by atoms with E-state index >= 15 is 0 Å². The molecule has 0 spiro atoms. The zero-order valence-corrected chi connectivity index (χ0v) is 21.6. The highest BCUT2D eigenvalue weighted by molar-refractivity contribution is 6.32. The highest BCUT2D eigenvalue weighted by atomic mass is 35.5. The number of aromatic amines is 1. The predicted molar refractivity (Wildman–Crippen MR) is 139 cm³/mol. The normalized spacial score (nSPS) is 14.8. The minimum absolute atomic E-state index is 0.421. The van der Waals surface area contributed by atoms with E-state index < -0.39 is 0 Å². The number of rotatable bonds is 7. The van der Waals surface area contributed by atoms with Gasteiger partial charge in [0.1, 0.15) is 5.02 Å². The molecule has 5 rings (SSSR count). The predicted octanol–water partition coefficient (Wildman–Crippen LogP) is 5.34. The van der Waals surface area contributed by atoms with Gasteiger partial charge in [-0.05, 0) is 82.3 Å². The average molecular weight is 508 g/mol. The minimum atomic E-state index is 0.421. The first-order valence-corrected chi connectivity index (χ1v) is 12.4. The van der Waals surface area contributed by atoms with Crippen molar-refractivity contribution in [2.24, 2.45) is 0 Å². The van der Waals surface area contributed by atoms with Gasteiger partial charge in [0.05, 0.1) is 12.7 Å². The zero-order valence-electron chi connectivity index (χ0n) is 20.9. The molecule has 3 N–H and O–H groups in total. The summed E-state index contributed by atoms with van der Waals surface area (Å²) in [6, 6.07) is 6.36. The van der Waals surface area contributed by atoms with Crippen LogP contribution in [-0.4, -0.2) is 48.3 Å². The third-order valence-corrected chi connectivity index (χ3v) is 6.79. The number of hydrogen-bond acceptors (Lipinski definition) is 9. The van der Waals surface area contributed by atoms with E-state index in [1.807, 2.05) is 19.9 Å². The summed E-state index contributed by atoms with van der Waals surface area (Å²) < 4.78 is 5.28. The summed E-state index contributed by atoms with van der Waals surface area (Å²) in [6.45, 7) is 10.8. The van der Waals surface area contributed by atoms with Crippen molar-refractivity contribution in [2.75, 3.05) is 23.7 Å². The van der Waals surface area contributed by atoms with E-state index in [1.54, 1.807) is 6.20 Å². The number of anilines is 4. The van der Waals surface area contributed by atoms with Crippen LogP contribution in [0.3, 0.4) is 0 Å². The zero-order chi connectivity index (χ0) is 25.2. The molecule has 0 saturated carbocycles. The van der Waals surface area contributed by atoms with Gasteiger partial charge in [0.2, 0.25) is 11.8 Å². The fourth-order valence-corrected chi connectivity index (χ4v) is 4.79. The van der Waals surface area contributed by atoms with Crippen LogP contribution in [0.4, 0.5) is 23.3 Å². The molecule has 0 atom stereocenters. The van der Waals surface area contributed by atoms with Gasteiger partial charge in [-0.25, -0.2) is 4.98 Å². The van der Waals surface area contributed by atoms with E-state index in [2.05, 4.69) is 71.8 Å². The second kappa shape index (κ2) is 10.2. The summed E-state index contributed by atoms with van der Waals surface area (Å²) in [5.74, 6) is 3.51. The van der Waals surface area contributed by atoms with Crippen LogP contribution in [0.1, 0.15) is 52.9 Å². The molecule has 3 aromatic heterocycles. The van der Waals surface area contributed by atoms with E-state index in [0.717, 1.165) is 42.9 Å². The standard InChI is InChI=1S/C25H30ClN9O/c1-14-10-21(29-25-27-12-20(26)24(31-25)30-22-11-16(3)32-33-22)15(2)9-19(14)18-5-7-35(8-6-18)13-23-28-17(4)34-36-23/h9-12,18H,5-8,13H2,1-4H3,(H3,27,29,30,31,32,33). The Labute approximate surface area is 214 Å². The topological polar surface area (TPSA) is 121 Å². The Balaban J connectivity index is 1.25. The van der Waals surface area contributed by atoms with E-state index in [0.29, 0.717) is 46.8 Å². The van der Waals surface area contributed by atoms with Gasteiger partial charge in [-0.3, -0.25) is 10.00 Å². The molecule has 0 radical (unpaired) electrons. The summed E-state index contributed by atoms with van der Waals surface area (Å²) in [5, 5.41) is 17.9. The van der Waals surface area contributed by atoms with Crippen LogP contribution in [0.2, 0.25) is 5.02 Å². The third-order valence-electron chi connectivity index (χ3n) is 6.51. The molecule has 0 amide bonds. The van der Waals surface area contributed by atoms with Gasteiger partial charge in [0, 0.05) is 17.4 Å². The van der Waals surface area contributed by atoms with Crippen molar-refractivity contribution >= 4 is 34.9 Å². The number of nitrogens with zero attached hydrogens (tertiary/aromatic N) is 6. The first-order chi connectivity index (χ1) is 17.3. The van der Waals surface area contributed by atoms with Crippen molar-refractivity contribution in [2.45, 2.75) is 53.0 Å². The Morgan fingerprint density at radius 3 is 2.56 bits per heavy atom. The SMILES string of the molecule is Cc1noc(CN2CCC(c3cc(C)c(Nc4ncc(Cl)c(Nc5cc(C)[nH]n5)n4)cc3C)CC2)n1. The first kappa shape index (κ1) is 24.2. The molecule has 10 nitrogen and oxygen atoms in total. The highest BCUT2D eigenvalue weighted by Gasteiger charge is 2.24. The lowest BCUT2D eigenvalue weighted by molar-refractivity contribution is 0.180. The largest absolute Gasteiger partial charge is 0.338 e. The number of nitrogens with one attached hydrogen (secondary N) is 3. The minimum Gasteiger partial charge on any atom is -0.338 e. The van der Waals surface area contributed by atoms with E-state index in [1.165, 1.54) is 11.1 Å². The Bertz CT molecular complexity index is 1360. The third kappa shape index (κ3) is 5.50. The number of likely N-dealkylation sites (tertiary alicyclic amines) is 1. The van der Waals surface area contributed by atoms with E-state index in [9.17, 15) is 0 Å². The van der Waals surface area contributed by atoms with E-state index in [4.69, 9.17) is 16.1 Å². The lowest BCUT2D eigenvalue weighted by atomic mass is 9.85. The molecule has 0 aliphatic carbocycles. The number of aryl methyl sites for hydroxylation is 4. The summed E-state index contributed by atoms with van der Waals surface area (Å²) in [5.41, 5.74) is 5.73. The van der Waals surface area contributed by atoms with Crippen molar-refractivity contribution in [3.05, 3.63) is 63.5 Å². The molecule has 1 aromatic carbocycles. The van der Waals surface area contributed by atoms with Crippen molar-refractivity contribution in [3.63, 3.8) is 0 Å². The average Bonchev–Trinajstić information content (AvgIpc) is 3.46. The molecule has 1 fully saturated rings. The molecule has 188 valence electrons. The molecule has 1 aliphatic rings. The van der Waals surface area contributed by atoms with Gasteiger partial charge in [-0.2, -0.15) is 15.1 Å². The van der Waals surface area contributed by atoms with Crippen LogP contribution in [0.5, 0.6) is 0 Å². The van der Waals surface area contributed by atoms with Crippen LogP contribution in [0, 0.1) is 27.7 Å². The molecular weight excluding hydrogens is 478 g/mol. The molecule has 11 heteroatoms. The number of piperidine rings is 1. The van der Waals surface area contributed by atoms with Crippen LogP contribution in [-0.2, 0) is 6.54 Å². The Kier molecular flexibility index (Phi) is 6.88. The van der Waals surface area contributed by atoms with Gasteiger partial charge in [0.15, 0.2) is 17.5 Å². The van der Waals surface area contributed by atoms with Gasteiger partial charge >= 0.3 is 0 Å². The van der Waals surface area contributed by atoms with Gasteiger partial charge in [0.25, 0.3) is 0 Å². The summed E-state index contributed by atoms with van der Waals surface area (Å²) >= 11 is 6.31. The summed E-state index contributed by atoms with van der Waals surface area (Å²) in [6.07, 6.45) is 3.78. The molecule has 0 unspecified atom stereocenters. The first-order valence-electron chi connectivity index (χ1n) is 12.1. The molecule has 0 bridgehead atoms. The molecule has 1 saturated heterocycles. The Morgan fingerprint density at radius 1 is 1.06 bits per heavy atom.